The van der Waals surface area contributed by atoms with Gasteiger partial charge in [0.1, 0.15) is 0 Å². The number of nitrogens with zero attached hydrogens (tertiary/aromatic N) is 1. The Morgan fingerprint density at radius 1 is 1.38 bits per heavy atom. The van der Waals surface area contributed by atoms with E-state index < -0.39 is 5.60 Å². The SMILES string of the molecule is CC(C)(O)CNCC(O)CN1CCOCC1. The number of ether oxygens (including phenoxy) is 1. The van der Waals surface area contributed by atoms with Gasteiger partial charge >= 0.3 is 0 Å². The Hall–Kier alpha value is -0.200. The second-order valence-electron chi connectivity index (χ2n) is 5.01. The maximum Gasteiger partial charge on any atom is 0.0791 e. The molecular weight excluding hydrogens is 208 g/mol. The van der Waals surface area contributed by atoms with Gasteiger partial charge in [0.15, 0.2) is 0 Å². The van der Waals surface area contributed by atoms with E-state index in [0.717, 1.165) is 26.3 Å². The Bertz CT molecular complexity index is 188. The summed E-state index contributed by atoms with van der Waals surface area (Å²) in [5.41, 5.74) is -0.724. The minimum atomic E-state index is -0.724. The van der Waals surface area contributed by atoms with E-state index in [-0.39, 0.29) is 6.10 Å². The number of aliphatic hydroxyl groups is 2. The van der Waals surface area contributed by atoms with Crippen LogP contribution >= 0.6 is 0 Å². The molecule has 1 atom stereocenters. The molecule has 0 radical (unpaired) electrons. The van der Waals surface area contributed by atoms with Crippen LogP contribution in [0.15, 0.2) is 0 Å². The van der Waals surface area contributed by atoms with Crippen LogP contribution in [-0.2, 0) is 4.74 Å². The monoisotopic (exact) mass is 232 g/mol. The van der Waals surface area contributed by atoms with E-state index in [1.165, 1.54) is 0 Å². The minimum absolute atomic E-state index is 0.388. The van der Waals surface area contributed by atoms with Crippen molar-refractivity contribution >= 4 is 0 Å². The molecule has 1 unspecified atom stereocenters. The van der Waals surface area contributed by atoms with Crippen molar-refractivity contribution in [1.82, 2.24) is 10.2 Å². The zero-order valence-corrected chi connectivity index (χ0v) is 10.3. The van der Waals surface area contributed by atoms with Gasteiger partial charge in [-0.3, -0.25) is 4.90 Å². The highest BCUT2D eigenvalue weighted by Crippen LogP contribution is 2.00. The van der Waals surface area contributed by atoms with Gasteiger partial charge in [0.2, 0.25) is 0 Å². The lowest BCUT2D eigenvalue weighted by molar-refractivity contribution is 0.0133. The third-order valence-electron chi connectivity index (χ3n) is 2.51. The smallest absolute Gasteiger partial charge is 0.0791 e. The second kappa shape index (κ2) is 6.51. The first-order valence-corrected chi connectivity index (χ1v) is 5.88. The molecule has 0 saturated carbocycles. The Morgan fingerprint density at radius 3 is 2.56 bits per heavy atom. The average molecular weight is 232 g/mol. The minimum Gasteiger partial charge on any atom is -0.390 e. The van der Waals surface area contributed by atoms with Crippen molar-refractivity contribution in [2.75, 3.05) is 45.9 Å². The van der Waals surface area contributed by atoms with Crippen molar-refractivity contribution in [3.8, 4) is 0 Å². The van der Waals surface area contributed by atoms with Crippen LogP contribution < -0.4 is 5.32 Å². The lowest BCUT2D eigenvalue weighted by Gasteiger charge is -2.29. The number of hydrogen-bond acceptors (Lipinski definition) is 5. The molecular formula is C11H24N2O3. The zero-order valence-electron chi connectivity index (χ0n) is 10.3. The Balaban J connectivity index is 2.08. The van der Waals surface area contributed by atoms with Crippen molar-refractivity contribution in [3.05, 3.63) is 0 Å². The maximum atomic E-state index is 9.77. The summed E-state index contributed by atoms with van der Waals surface area (Å²) in [5, 5.41) is 22.3. The summed E-state index contributed by atoms with van der Waals surface area (Å²) in [7, 11) is 0. The third-order valence-corrected chi connectivity index (χ3v) is 2.51. The predicted octanol–water partition coefficient (Wildman–Crippen LogP) is -0.960. The van der Waals surface area contributed by atoms with Crippen LogP contribution in [0.2, 0.25) is 0 Å². The van der Waals surface area contributed by atoms with Gasteiger partial charge in [0.05, 0.1) is 24.9 Å². The molecule has 1 heterocycles. The van der Waals surface area contributed by atoms with Gasteiger partial charge in [0.25, 0.3) is 0 Å². The molecule has 0 aromatic carbocycles. The van der Waals surface area contributed by atoms with Crippen LogP contribution in [0, 0.1) is 0 Å². The van der Waals surface area contributed by atoms with Crippen molar-refractivity contribution in [2.24, 2.45) is 0 Å². The molecule has 3 N–H and O–H groups in total. The molecule has 5 nitrogen and oxygen atoms in total. The zero-order chi connectivity index (χ0) is 12.0. The number of aliphatic hydroxyl groups excluding tert-OH is 1. The summed E-state index contributed by atoms with van der Waals surface area (Å²) in [4.78, 5) is 2.19. The predicted molar refractivity (Wildman–Crippen MR) is 62.4 cm³/mol. The van der Waals surface area contributed by atoms with Crippen LogP contribution in [0.4, 0.5) is 0 Å². The van der Waals surface area contributed by atoms with E-state index in [9.17, 15) is 10.2 Å². The highest BCUT2D eigenvalue weighted by atomic mass is 16.5. The van der Waals surface area contributed by atoms with Crippen molar-refractivity contribution in [2.45, 2.75) is 25.6 Å². The summed E-state index contributed by atoms with van der Waals surface area (Å²) in [6.07, 6.45) is -0.388. The lowest BCUT2D eigenvalue weighted by Crippen LogP contribution is -2.45. The van der Waals surface area contributed by atoms with Gasteiger partial charge < -0.3 is 20.3 Å². The normalized spacial score (nSPS) is 21.0. The molecule has 1 saturated heterocycles. The van der Waals surface area contributed by atoms with E-state index in [4.69, 9.17) is 4.74 Å². The Morgan fingerprint density at radius 2 is 2.00 bits per heavy atom. The van der Waals surface area contributed by atoms with E-state index in [1.807, 2.05) is 0 Å². The Kier molecular flexibility index (Phi) is 5.64. The molecule has 0 amide bonds. The molecule has 5 heteroatoms. The summed E-state index contributed by atoms with van der Waals surface area (Å²) >= 11 is 0. The number of β-amino-alcohol motifs (C(OH)–C–C–N with tert-alkyl or cyclic N) is 1. The van der Waals surface area contributed by atoms with Gasteiger partial charge in [-0.1, -0.05) is 0 Å². The number of hydrogen-bond donors (Lipinski definition) is 3. The fourth-order valence-corrected chi connectivity index (χ4v) is 1.69. The lowest BCUT2D eigenvalue weighted by atomic mass is 10.1. The van der Waals surface area contributed by atoms with Crippen LogP contribution in [0.5, 0.6) is 0 Å². The molecule has 0 bridgehead atoms. The molecule has 1 rings (SSSR count). The number of rotatable bonds is 6. The van der Waals surface area contributed by atoms with E-state index in [1.54, 1.807) is 13.8 Å². The molecule has 1 fully saturated rings. The van der Waals surface area contributed by atoms with Crippen LogP contribution in [0.3, 0.4) is 0 Å². The van der Waals surface area contributed by atoms with Crippen LogP contribution in [0.25, 0.3) is 0 Å². The van der Waals surface area contributed by atoms with Crippen LogP contribution in [0.1, 0.15) is 13.8 Å². The summed E-state index contributed by atoms with van der Waals surface area (Å²) in [6.45, 7) is 8.46. The summed E-state index contributed by atoms with van der Waals surface area (Å²) in [6, 6.07) is 0. The standard InChI is InChI=1S/C11H24N2O3/c1-11(2,15)9-12-7-10(14)8-13-3-5-16-6-4-13/h10,12,14-15H,3-9H2,1-2H3. The van der Waals surface area contributed by atoms with Crippen LogP contribution in [-0.4, -0.2) is 72.8 Å². The first-order valence-electron chi connectivity index (χ1n) is 5.88. The summed E-state index contributed by atoms with van der Waals surface area (Å²) in [5.74, 6) is 0. The highest BCUT2D eigenvalue weighted by molar-refractivity contribution is 4.73. The van der Waals surface area contributed by atoms with E-state index in [0.29, 0.717) is 19.6 Å². The fourth-order valence-electron chi connectivity index (χ4n) is 1.69. The first kappa shape index (κ1) is 13.9. The maximum absolute atomic E-state index is 9.77. The van der Waals surface area contributed by atoms with Crippen molar-refractivity contribution in [3.63, 3.8) is 0 Å². The second-order valence-corrected chi connectivity index (χ2v) is 5.01. The molecule has 0 aliphatic carbocycles. The number of morpholine rings is 1. The summed E-state index contributed by atoms with van der Waals surface area (Å²) < 4.78 is 5.24. The Labute approximate surface area is 97.4 Å². The van der Waals surface area contributed by atoms with Crippen molar-refractivity contribution in [1.29, 1.82) is 0 Å². The van der Waals surface area contributed by atoms with Gasteiger partial charge in [-0.05, 0) is 13.8 Å². The molecule has 0 spiro atoms. The van der Waals surface area contributed by atoms with E-state index in [2.05, 4.69) is 10.2 Å². The molecule has 0 aromatic heterocycles. The van der Waals surface area contributed by atoms with Gasteiger partial charge in [-0.2, -0.15) is 0 Å². The molecule has 1 aliphatic rings. The quantitative estimate of drug-likeness (QED) is 0.550. The number of nitrogens with one attached hydrogen (secondary N) is 1. The molecule has 16 heavy (non-hydrogen) atoms. The highest BCUT2D eigenvalue weighted by Gasteiger charge is 2.16. The first-order chi connectivity index (χ1) is 7.47. The van der Waals surface area contributed by atoms with Gasteiger partial charge in [-0.15, -0.1) is 0 Å². The van der Waals surface area contributed by atoms with E-state index >= 15 is 0 Å². The largest absolute Gasteiger partial charge is 0.390 e. The fraction of sp³-hybridized carbons (Fsp3) is 1.00. The molecule has 0 aromatic rings. The molecule has 96 valence electrons. The topological polar surface area (TPSA) is 65.0 Å². The molecule has 1 aliphatic heterocycles. The third kappa shape index (κ3) is 6.40. The average Bonchev–Trinajstić information content (AvgIpc) is 2.17. The van der Waals surface area contributed by atoms with Crippen molar-refractivity contribution < 1.29 is 14.9 Å². The van der Waals surface area contributed by atoms with Gasteiger partial charge in [0, 0.05) is 32.7 Å². The van der Waals surface area contributed by atoms with Gasteiger partial charge in [-0.25, -0.2) is 0 Å².